The van der Waals surface area contributed by atoms with Gasteiger partial charge in [-0.15, -0.1) is 0 Å². The topological polar surface area (TPSA) is 55.4 Å². The first-order valence-electron chi connectivity index (χ1n) is 5.20. The van der Waals surface area contributed by atoms with E-state index >= 15 is 0 Å². The van der Waals surface area contributed by atoms with Gasteiger partial charge in [0.25, 0.3) is 0 Å². The van der Waals surface area contributed by atoms with Crippen LogP contribution in [0, 0.1) is 5.92 Å². The quantitative estimate of drug-likeness (QED) is 0.872. The zero-order valence-electron chi connectivity index (χ0n) is 9.81. The zero-order valence-corrected chi connectivity index (χ0v) is 12.2. The Kier molecular flexibility index (Phi) is 5.58. The summed E-state index contributed by atoms with van der Waals surface area (Å²) in [6.07, 6.45) is 0. The highest BCUT2D eigenvalue weighted by atomic mass is 79.9. The fourth-order valence-corrected chi connectivity index (χ4v) is 2.72. The van der Waals surface area contributed by atoms with Gasteiger partial charge in [0, 0.05) is 24.7 Å². The number of rotatable bonds is 6. The molecule has 1 aromatic rings. The van der Waals surface area contributed by atoms with Crippen LogP contribution < -0.4 is 4.72 Å². The van der Waals surface area contributed by atoms with Gasteiger partial charge >= 0.3 is 0 Å². The van der Waals surface area contributed by atoms with Crippen LogP contribution in [0.5, 0.6) is 0 Å². The highest BCUT2D eigenvalue weighted by Gasteiger charge is 2.14. The summed E-state index contributed by atoms with van der Waals surface area (Å²) < 4.78 is 32.1. The number of sulfonamides is 1. The van der Waals surface area contributed by atoms with Gasteiger partial charge in [0.15, 0.2) is 0 Å². The molecule has 1 aromatic carbocycles. The molecule has 4 nitrogen and oxygen atoms in total. The fraction of sp³-hybridized carbons (Fsp3) is 0.455. The molecule has 0 aliphatic heterocycles. The standard InChI is InChI=1S/C11H16BrNO3S/c1-9(8-16-2)7-13-17(14,15)11-5-3-10(12)4-6-11/h3-6,9,13H,7-8H2,1-2H3. The Morgan fingerprint density at radius 1 is 1.35 bits per heavy atom. The molecule has 6 heteroatoms. The van der Waals surface area contributed by atoms with Crippen molar-refractivity contribution in [3.63, 3.8) is 0 Å². The molecule has 0 fully saturated rings. The number of hydrogen-bond acceptors (Lipinski definition) is 3. The van der Waals surface area contributed by atoms with Crippen LogP contribution in [-0.4, -0.2) is 28.7 Å². The summed E-state index contributed by atoms with van der Waals surface area (Å²) in [6.45, 7) is 2.82. The van der Waals surface area contributed by atoms with Crippen molar-refractivity contribution < 1.29 is 13.2 Å². The summed E-state index contributed by atoms with van der Waals surface area (Å²) >= 11 is 3.26. The summed E-state index contributed by atoms with van der Waals surface area (Å²) in [7, 11) is -1.82. The highest BCUT2D eigenvalue weighted by Crippen LogP contribution is 2.14. The number of ether oxygens (including phenoxy) is 1. The van der Waals surface area contributed by atoms with Crippen molar-refractivity contribution in [1.82, 2.24) is 4.72 Å². The molecule has 96 valence electrons. The van der Waals surface area contributed by atoms with E-state index in [0.717, 1.165) is 4.47 Å². The fourth-order valence-electron chi connectivity index (χ4n) is 1.29. The van der Waals surface area contributed by atoms with Gasteiger partial charge < -0.3 is 4.74 Å². The SMILES string of the molecule is COCC(C)CNS(=O)(=O)c1ccc(Br)cc1. The molecule has 1 atom stereocenters. The number of halogens is 1. The molecule has 17 heavy (non-hydrogen) atoms. The Morgan fingerprint density at radius 2 is 1.94 bits per heavy atom. The average molecular weight is 322 g/mol. The van der Waals surface area contributed by atoms with E-state index in [9.17, 15) is 8.42 Å². The molecule has 0 radical (unpaired) electrons. The van der Waals surface area contributed by atoms with E-state index in [0.29, 0.717) is 13.2 Å². The molecule has 0 saturated heterocycles. The van der Waals surface area contributed by atoms with E-state index in [-0.39, 0.29) is 10.8 Å². The van der Waals surface area contributed by atoms with E-state index in [1.165, 1.54) is 0 Å². The van der Waals surface area contributed by atoms with Crippen LogP contribution in [0.4, 0.5) is 0 Å². The van der Waals surface area contributed by atoms with Crippen LogP contribution in [-0.2, 0) is 14.8 Å². The van der Waals surface area contributed by atoms with Crippen molar-refractivity contribution in [3.8, 4) is 0 Å². The van der Waals surface area contributed by atoms with Gasteiger partial charge in [-0.1, -0.05) is 22.9 Å². The van der Waals surface area contributed by atoms with Crippen LogP contribution in [0.1, 0.15) is 6.92 Å². The minimum atomic E-state index is -3.42. The van der Waals surface area contributed by atoms with E-state index in [4.69, 9.17) is 4.74 Å². The molecule has 0 saturated carbocycles. The van der Waals surface area contributed by atoms with Crippen molar-refractivity contribution in [2.45, 2.75) is 11.8 Å². The Hall–Kier alpha value is -0.430. The van der Waals surface area contributed by atoms with Crippen molar-refractivity contribution in [2.75, 3.05) is 20.3 Å². The molecule has 1 unspecified atom stereocenters. The summed E-state index contributed by atoms with van der Waals surface area (Å²) in [5.74, 6) is 0.144. The normalized spacial score (nSPS) is 13.6. The van der Waals surface area contributed by atoms with Crippen LogP contribution in [0.2, 0.25) is 0 Å². The molecule has 0 bridgehead atoms. The van der Waals surface area contributed by atoms with E-state index in [1.807, 2.05) is 6.92 Å². The maximum atomic E-state index is 11.9. The van der Waals surface area contributed by atoms with E-state index < -0.39 is 10.0 Å². The predicted molar refractivity (Wildman–Crippen MR) is 70.4 cm³/mol. The van der Waals surface area contributed by atoms with Crippen LogP contribution in [0.3, 0.4) is 0 Å². The molecule has 1 rings (SSSR count). The molecule has 1 N–H and O–H groups in total. The summed E-state index contributed by atoms with van der Waals surface area (Å²) in [4.78, 5) is 0.269. The van der Waals surface area contributed by atoms with Gasteiger partial charge in [0.1, 0.15) is 0 Å². The van der Waals surface area contributed by atoms with E-state index in [1.54, 1.807) is 31.4 Å². The van der Waals surface area contributed by atoms with Gasteiger partial charge in [0.2, 0.25) is 10.0 Å². The molecule has 0 aromatic heterocycles. The van der Waals surface area contributed by atoms with Gasteiger partial charge in [-0.2, -0.15) is 0 Å². The van der Waals surface area contributed by atoms with Gasteiger partial charge in [-0.05, 0) is 30.2 Å². The lowest BCUT2D eigenvalue weighted by Crippen LogP contribution is -2.29. The van der Waals surface area contributed by atoms with Crippen molar-refractivity contribution in [2.24, 2.45) is 5.92 Å². The molecule has 0 heterocycles. The van der Waals surface area contributed by atoms with Crippen LogP contribution in [0.15, 0.2) is 33.6 Å². The average Bonchev–Trinajstić information content (AvgIpc) is 2.28. The molecule has 0 aliphatic rings. The summed E-state index contributed by atoms with van der Waals surface area (Å²) in [5, 5.41) is 0. The van der Waals surface area contributed by atoms with Crippen molar-refractivity contribution in [3.05, 3.63) is 28.7 Å². The third-order valence-electron chi connectivity index (χ3n) is 2.20. The Morgan fingerprint density at radius 3 is 2.47 bits per heavy atom. The second-order valence-electron chi connectivity index (χ2n) is 3.87. The highest BCUT2D eigenvalue weighted by molar-refractivity contribution is 9.10. The maximum absolute atomic E-state index is 11.9. The minimum Gasteiger partial charge on any atom is -0.384 e. The first-order chi connectivity index (χ1) is 7.95. The molecule has 0 aliphatic carbocycles. The monoisotopic (exact) mass is 321 g/mol. The first kappa shape index (κ1) is 14.6. The van der Waals surface area contributed by atoms with Gasteiger partial charge in [0.05, 0.1) is 4.90 Å². The maximum Gasteiger partial charge on any atom is 0.240 e. The van der Waals surface area contributed by atoms with Crippen molar-refractivity contribution in [1.29, 1.82) is 0 Å². The molecular formula is C11H16BrNO3S. The third-order valence-corrected chi connectivity index (χ3v) is 4.17. The summed E-state index contributed by atoms with van der Waals surface area (Å²) in [5.41, 5.74) is 0. The van der Waals surface area contributed by atoms with Gasteiger partial charge in [-0.25, -0.2) is 13.1 Å². The van der Waals surface area contributed by atoms with Crippen LogP contribution in [0.25, 0.3) is 0 Å². The number of hydrogen-bond donors (Lipinski definition) is 1. The first-order valence-corrected chi connectivity index (χ1v) is 7.47. The molecule has 0 amide bonds. The van der Waals surface area contributed by atoms with E-state index in [2.05, 4.69) is 20.7 Å². The molecular weight excluding hydrogens is 306 g/mol. The second kappa shape index (κ2) is 6.49. The Bertz CT molecular complexity index is 444. The lowest BCUT2D eigenvalue weighted by Gasteiger charge is -2.12. The van der Waals surface area contributed by atoms with Crippen molar-refractivity contribution >= 4 is 26.0 Å². The third kappa shape index (κ3) is 4.75. The summed E-state index contributed by atoms with van der Waals surface area (Å²) in [6, 6.07) is 6.53. The zero-order chi connectivity index (χ0) is 12.9. The smallest absolute Gasteiger partial charge is 0.240 e. The number of methoxy groups -OCH3 is 1. The second-order valence-corrected chi connectivity index (χ2v) is 6.55. The lowest BCUT2D eigenvalue weighted by atomic mass is 10.2. The number of benzene rings is 1. The Labute approximate surface area is 111 Å². The largest absolute Gasteiger partial charge is 0.384 e. The number of nitrogens with one attached hydrogen (secondary N) is 1. The van der Waals surface area contributed by atoms with Gasteiger partial charge in [-0.3, -0.25) is 0 Å². The molecule has 0 spiro atoms. The van der Waals surface area contributed by atoms with Crippen LogP contribution >= 0.6 is 15.9 Å². The lowest BCUT2D eigenvalue weighted by molar-refractivity contribution is 0.161. The Balaban J connectivity index is 2.66. The predicted octanol–water partition coefficient (Wildman–Crippen LogP) is 2.01. The minimum absolute atomic E-state index is 0.144.